The van der Waals surface area contributed by atoms with Gasteiger partial charge in [-0.05, 0) is 84.6 Å². The first kappa shape index (κ1) is 31.8. The molecule has 9 nitrogen and oxygen atoms in total. The molecule has 9 heteroatoms. The zero-order valence-corrected chi connectivity index (χ0v) is 28.2. The van der Waals surface area contributed by atoms with Gasteiger partial charge in [-0.2, -0.15) is 0 Å². The molecular formula is C39H43N2O7+. The summed E-state index contributed by atoms with van der Waals surface area (Å²) in [6, 6.07) is 22.3. The molecule has 4 heterocycles. The number of hydrogen-bond donors (Lipinski definition) is 1. The molecule has 3 atom stereocenters. The van der Waals surface area contributed by atoms with Gasteiger partial charge in [0.15, 0.2) is 29.5 Å². The molecule has 3 unspecified atom stereocenters. The average Bonchev–Trinajstić information content (AvgIpc) is 3.07. The standard InChI is InChI=1S/C39H42N2O7/c1-40-14-12-27-19-29(44-3)21-37-39(27)31(40)16-25-8-11-33(45-4)35(18-25)47-28-9-6-24(7-10-28)17-32-30-22-36(48-37)34(46-5)20-26(30)13-15-41(32,2)23-38(42)43/h6-11,18-22,31-32H,12-17,23H2,1-5H3/p+1. The van der Waals surface area contributed by atoms with Gasteiger partial charge in [0.2, 0.25) is 0 Å². The molecule has 0 spiro atoms. The van der Waals surface area contributed by atoms with E-state index in [4.69, 9.17) is 23.7 Å². The third-order valence-corrected chi connectivity index (χ3v) is 10.4. The van der Waals surface area contributed by atoms with Crippen LogP contribution in [-0.4, -0.2) is 75.5 Å². The van der Waals surface area contributed by atoms with E-state index >= 15 is 0 Å². The summed E-state index contributed by atoms with van der Waals surface area (Å²) in [6.45, 7) is 1.60. The number of hydrogen-bond acceptors (Lipinski definition) is 7. The Morgan fingerprint density at radius 2 is 1.58 bits per heavy atom. The van der Waals surface area contributed by atoms with E-state index in [0.717, 1.165) is 65.1 Å². The predicted molar refractivity (Wildman–Crippen MR) is 182 cm³/mol. The van der Waals surface area contributed by atoms with Crippen molar-refractivity contribution in [3.63, 3.8) is 0 Å². The molecule has 0 aromatic heterocycles. The van der Waals surface area contributed by atoms with Gasteiger partial charge < -0.3 is 33.3 Å². The van der Waals surface area contributed by atoms with Crippen LogP contribution < -0.4 is 23.7 Å². The summed E-state index contributed by atoms with van der Waals surface area (Å²) in [4.78, 5) is 14.6. The van der Waals surface area contributed by atoms with Crippen molar-refractivity contribution in [2.24, 2.45) is 0 Å². The SMILES string of the molecule is COc1cc2c3c(c1)Oc1cc4c(cc1OC)CC[N+](C)(CC(=O)O)C4Cc1ccc(cc1)Oc1cc(ccc1OC)CC3N(C)CC2. The highest BCUT2D eigenvalue weighted by Gasteiger charge is 2.42. The number of quaternary nitrogens is 1. The normalized spacial score (nSPS) is 21.5. The number of methoxy groups -OCH3 is 3. The summed E-state index contributed by atoms with van der Waals surface area (Å²) in [5.74, 6) is 3.90. The smallest absolute Gasteiger partial charge is 0.359 e. The van der Waals surface area contributed by atoms with E-state index in [0.29, 0.717) is 46.2 Å². The maximum atomic E-state index is 12.2. The van der Waals surface area contributed by atoms with E-state index in [1.54, 1.807) is 21.3 Å². The molecule has 6 bridgehead atoms. The van der Waals surface area contributed by atoms with Crippen molar-refractivity contribution in [3.05, 3.63) is 100 Å². The number of nitrogens with zero attached hydrogens (tertiary/aromatic N) is 2. The van der Waals surface area contributed by atoms with Gasteiger partial charge in [-0.1, -0.05) is 18.2 Å². The summed E-state index contributed by atoms with van der Waals surface area (Å²) in [5, 5.41) is 10.0. The van der Waals surface area contributed by atoms with Crippen LogP contribution in [0.3, 0.4) is 0 Å². The topological polar surface area (TPSA) is 86.7 Å². The van der Waals surface area contributed by atoms with Crippen molar-refractivity contribution in [1.82, 2.24) is 4.90 Å². The highest BCUT2D eigenvalue weighted by Crippen LogP contribution is 2.47. The van der Waals surface area contributed by atoms with Gasteiger partial charge in [-0.15, -0.1) is 0 Å². The first-order valence-electron chi connectivity index (χ1n) is 16.5. The number of fused-ring (bicyclic) bond motifs is 2. The van der Waals surface area contributed by atoms with Crippen molar-refractivity contribution in [2.75, 3.05) is 55.1 Å². The fourth-order valence-electron chi connectivity index (χ4n) is 7.77. The second-order valence-electron chi connectivity index (χ2n) is 13.4. The Labute approximate surface area is 281 Å². The minimum atomic E-state index is -0.816. The summed E-state index contributed by atoms with van der Waals surface area (Å²) < 4.78 is 31.2. The summed E-state index contributed by atoms with van der Waals surface area (Å²) >= 11 is 0. The van der Waals surface area contributed by atoms with E-state index in [2.05, 4.69) is 54.4 Å². The number of carboxylic acids is 1. The molecular weight excluding hydrogens is 608 g/mol. The molecule has 4 aliphatic heterocycles. The second-order valence-corrected chi connectivity index (χ2v) is 13.4. The summed E-state index contributed by atoms with van der Waals surface area (Å²) in [6.07, 6.45) is 2.96. The molecule has 0 aliphatic carbocycles. The Kier molecular flexibility index (Phi) is 8.43. The van der Waals surface area contributed by atoms with Crippen LogP contribution in [0.25, 0.3) is 0 Å². The Hall–Kier alpha value is -4.73. The summed E-state index contributed by atoms with van der Waals surface area (Å²) in [5.41, 5.74) is 6.72. The molecule has 4 aromatic carbocycles. The Balaban J connectivity index is 1.45. The third-order valence-electron chi connectivity index (χ3n) is 10.4. The highest BCUT2D eigenvalue weighted by atomic mass is 16.5. The predicted octanol–water partition coefficient (Wildman–Crippen LogP) is 6.75. The third kappa shape index (κ3) is 5.93. The maximum Gasteiger partial charge on any atom is 0.359 e. The number of carboxylic acid groups (broad SMARTS) is 1. The van der Waals surface area contributed by atoms with Crippen LogP contribution >= 0.6 is 0 Å². The molecule has 1 N–H and O–H groups in total. The maximum absolute atomic E-state index is 12.2. The Bertz CT molecular complexity index is 1860. The minimum absolute atomic E-state index is 0.0148. The van der Waals surface area contributed by atoms with Crippen molar-refractivity contribution in [2.45, 2.75) is 37.8 Å². The van der Waals surface area contributed by atoms with E-state index in [9.17, 15) is 9.90 Å². The van der Waals surface area contributed by atoms with Crippen LogP contribution in [0.5, 0.6) is 40.2 Å². The van der Waals surface area contributed by atoms with Crippen molar-refractivity contribution >= 4 is 5.97 Å². The molecule has 250 valence electrons. The second kappa shape index (κ2) is 12.7. The van der Waals surface area contributed by atoms with Gasteiger partial charge in [-0.3, -0.25) is 4.90 Å². The van der Waals surface area contributed by atoms with Gasteiger partial charge in [0.1, 0.15) is 23.3 Å². The van der Waals surface area contributed by atoms with Gasteiger partial charge in [-0.25, -0.2) is 4.79 Å². The van der Waals surface area contributed by atoms with Gasteiger partial charge in [0, 0.05) is 42.6 Å². The Morgan fingerprint density at radius 3 is 2.31 bits per heavy atom. The van der Waals surface area contributed by atoms with Gasteiger partial charge >= 0.3 is 5.97 Å². The van der Waals surface area contributed by atoms with Crippen LogP contribution in [0.15, 0.2) is 66.7 Å². The van der Waals surface area contributed by atoms with Crippen molar-refractivity contribution in [1.29, 1.82) is 0 Å². The summed E-state index contributed by atoms with van der Waals surface area (Å²) in [7, 11) is 9.20. The van der Waals surface area contributed by atoms with Crippen molar-refractivity contribution < 1.29 is 38.1 Å². The van der Waals surface area contributed by atoms with Gasteiger partial charge in [0.25, 0.3) is 0 Å². The van der Waals surface area contributed by atoms with E-state index in [1.807, 2.05) is 31.3 Å². The number of likely N-dealkylation sites (N-methyl/N-ethyl adjacent to an activating group) is 2. The number of benzene rings is 4. The number of rotatable bonds is 5. The first-order chi connectivity index (χ1) is 23.2. The fourth-order valence-corrected chi connectivity index (χ4v) is 7.77. The average molecular weight is 652 g/mol. The highest BCUT2D eigenvalue weighted by molar-refractivity contribution is 5.68. The van der Waals surface area contributed by atoms with Crippen LogP contribution in [0.2, 0.25) is 0 Å². The zero-order valence-electron chi connectivity index (χ0n) is 28.2. The van der Waals surface area contributed by atoms with E-state index in [1.165, 1.54) is 5.56 Å². The molecule has 4 aliphatic rings. The monoisotopic (exact) mass is 651 g/mol. The van der Waals surface area contributed by atoms with Crippen LogP contribution in [0.4, 0.5) is 0 Å². The molecule has 0 radical (unpaired) electrons. The van der Waals surface area contributed by atoms with Crippen LogP contribution in [0.1, 0.15) is 45.5 Å². The number of ether oxygens (including phenoxy) is 5. The largest absolute Gasteiger partial charge is 0.497 e. The molecule has 0 amide bonds. The van der Waals surface area contributed by atoms with Crippen LogP contribution in [0, 0.1) is 0 Å². The lowest BCUT2D eigenvalue weighted by Crippen LogP contribution is -2.54. The molecule has 4 aromatic rings. The number of carbonyl (C=O) groups is 1. The quantitative estimate of drug-likeness (QED) is 0.237. The molecule has 0 fully saturated rings. The Morgan fingerprint density at radius 1 is 0.833 bits per heavy atom. The lowest BCUT2D eigenvalue weighted by molar-refractivity contribution is -0.934. The van der Waals surface area contributed by atoms with Crippen LogP contribution in [-0.2, 0) is 30.5 Å². The zero-order chi connectivity index (χ0) is 33.6. The van der Waals surface area contributed by atoms with Crippen molar-refractivity contribution in [3.8, 4) is 40.2 Å². The first-order valence-corrected chi connectivity index (χ1v) is 16.5. The minimum Gasteiger partial charge on any atom is -0.497 e. The molecule has 48 heavy (non-hydrogen) atoms. The van der Waals surface area contributed by atoms with E-state index < -0.39 is 5.97 Å². The number of aliphatic carboxylic acids is 1. The lowest BCUT2D eigenvalue weighted by Gasteiger charge is -2.45. The lowest BCUT2D eigenvalue weighted by atomic mass is 9.86. The van der Waals surface area contributed by atoms with E-state index in [-0.39, 0.29) is 18.6 Å². The fraction of sp³-hybridized carbons (Fsp3) is 0.359. The molecule has 8 rings (SSSR count). The molecule has 0 saturated heterocycles. The molecule has 0 saturated carbocycles. The van der Waals surface area contributed by atoms with Gasteiger partial charge in [0.05, 0.1) is 34.9 Å².